The molecule has 148 valence electrons. The van der Waals surface area contributed by atoms with E-state index in [0.29, 0.717) is 0 Å². The Morgan fingerprint density at radius 2 is 2.04 bits per heavy atom. The van der Waals surface area contributed by atoms with Crippen molar-refractivity contribution in [3.63, 3.8) is 0 Å². The maximum Gasteiger partial charge on any atom is 0.193 e. The van der Waals surface area contributed by atoms with E-state index in [1.165, 1.54) is 5.56 Å². The number of guanidine groups is 1. The van der Waals surface area contributed by atoms with E-state index in [4.69, 9.17) is 18.9 Å². The number of ether oxygens (including phenoxy) is 2. The van der Waals surface area contributed by atoms with Gasteiger partial charge in [-0.1, -0.05) is 12.1 Å². The van der Waals surface area contributed by atoms with Crippen LogP contribution in [0.5, 0.6) is 5.75 Å². The van der Waals surface area contributed by atoms with E-state index in [0.717, 1.165) is 63.2 Å². The van der Waals surface area contributed by atoms with Crippen LogP contribution in [0.3, 0.4) is 0 Å². The predicted octanol–water partition coefficient (Wildman–Crippen LogP) is 3.33. The molecule has 0 aliphatic carbocycles. The summed E-state index contributed by atoms with van der Waals surface area (Å²) in [4.78, 5) is 6.87. The highest BCUT2D eigenvalue weighted by Crippen LogP contribution is 2.12. The molecule has 2 aromatic rings. The van der Waals surface area contributed by atoms with Crippen LogP contribution in [0, 0.1) is 0 Å². The van der Waals surface area contributed by atoms with Crippen LogP contribution in [0.1, 0.15) is 24.7 Å². The fourth-order valence-electron chi connectivity index (χ4n) is 2.64. The average Bonchev–Trinajstić information content (AvgIpc) is 3.20. The Morgan fingerprint density at radius 1 is 1.22 bits per heavy atom. The molecule has 6 heteroatoms. The standard InChI is InChI=1S/C21H31N3O3/c1-4-26-15-6-13-22-21(23-14-12-20-7-5-16-27-20)24(2)17-18-8-10-19(25-3)11-9-18/h5,7-11,16H,4,6,12-15,17H2,1-3H3,(H,22,23). The van der Waals surface area contributed by atoms with Gasteiger partial charge >= 0.3 is 0 Å². The third-order valence-corrected chi connectivity index (χ3v) is 4.09. The molecule has 1 aromatic carbocycles. The number of benzene rings is 1. The van der Waals surface area contributed by atoms with Crippen molar-refractivity contribution in [2.75, 3.05) is 40.5 Å². The van der Waals surface area contributed by atoms with Gasteiger partial charge in [0.25, 0.3) is 0 Å². The Hall–Kier alpha value is -2.47. The minimum absolute atomic E-state index is 0.732. The normalized spacial score (nSPS) is 11.4. The van der Waals surface area contributed by atoms with Crippen molar-refractivity contribution in [1.29, 1.82) is 0 Å². The fraction of sp³-hybridized carbons (Fsp3) is 0.476. The van der Waals surface area contributed by atoms with E-state index in [2.05, 4.69) is 22.3 Å². The Kier molecular flexibility index (Phi) is 9.27. The van der Waals surface area contributed by atoms with Crippen molar-refractivity contribution in [1.82, 2.24) is 10.2 Å². The van der Waals surface area contributed by atoms with Gasteiger partial charge in [0.1, 0.15) is 11.5 Å². The molecule has 0 saturated heterocycles. The smallest absolute Gasteiger partial charge is 0.193 e. The van der Waals surface area contributed by atoms with Crippen molar-refractivity contribution in [3.8, 4) is 5.75 Å². The molecule has 0 saturated carbocycles. The van der Waals surface area contributed by atoms with Crippen LogP contribution in [0.25, 0.3) is 0 Å². The lowest BCUT2D eigenvalue weighted by molar-refractivity contribution is 0.146. The van der Waals surface area contributed by atoms with E-state index in [-0.39, 0.29) is 0 Å². The second-order valence-electron chi connectivity index (χ2n) is 6.22. The van der Waals surface area contributed by atoms with Gasteiger partial charge in [-0.3, -0.25) is 4.99 Å². The Morgan fingerprint density at radius 3 is 2.70 bits per heavy atom. The zero-order valence-electron chi connectivity index (χ0n) is 16.6. The summed E-state index contributed by atoms with van der Waals surface area (Å²) in [6.07, 6.45) is 3.43. The van der Waals surface area contributed by atoms with Crippen LogP contribution in [0.2, 0.25) is 0 Å². The zero-order chi connectivity index (χ0) is 19.3. The molecule has 0 bridgehead atoms. The topological polar surface area (TPSA) is 59.2 Å². The molecular formula is C21H31N3O3. The van der Waals surface area contributed by atoms with E-state index in [1.807, 2.05) is 38.2 Å². The van der Waals surface area contributed by atoms with E-state index in [1.54, 1.807) is 13.4 Å². The lowest BCUT2D eigenvalue weighted by Gasteiger charge is -2.23. The molecule has 0 spiro atoms. The number of aliphatic imine (C=N–C) groups is 1. The van der Waals surface area contributed by atoms with Gasteiger partial charge in [0.15, 0.2) is 5.96 Å². The van der Waals surface area contributed by atoms with Crippen LogP contribution in [0.4, 0.5) is 0 Å². The molecular weight excluding hydrogens is 342 g/mol. The van der Waals surface area contributed by atoms with Crippen molar-refractivity contribution in [3.05, 3.63) is 54.0 Å². The van der Waals surface area contributed by atoms with Gasteiger partial charge in [-0.2, -0.15) is 0 Å². The van der Waals surface area contributed by atoms with Crippen LogP contribution in [-0.2, 0) is 17.7 Å². The Bertz CT molecular complexity index is 654. The zero-order valence-corrected chi connectivity index (χ0v) is 16.6. The summed E-state index contributed by atoms with van der Waals surface area (Å²) in [6.45, 7) is 5.76. The van der Waals surface area contributed by atoms with E-state index < -0.39 is 0 Å². The SMILES string of the molecule is CCOCCCN=C(NCCc1ccco1)N(C)Cc1ccc(OC)cc1. The van der Waals surface area contributed by atoms with Gasteiger partial charge in [0, 0.05) is 46.3 Å². The summed E-state index contributed by atoms with van der Waals surface area (Å²) < 4.78 is 16.0. The van der Waals surface area contributed by atoms with Crippen molar-refractivity contribution in [2.45, 2.75) is 26.3 Å². The van der Waals surface area contributed by atoms with Gasteiger partial charge in [0.05, 0.1) is 13.4 Å². The third kappa shape index (κ3) is 7.74. The van der Waals surface area contributed by atoms with Crippen LogP contribution < -0.4 is 10.1 Å². The van der Waals surface area contributed by atoms with Crippen molar-refractivity contribution < 1.29 is 13.9 Å². The third-order valence-electron chi connectivity index (χ3n) is 4.09. The van der Waals surface area contributed by atoms with E-state index >= 15 is 0 Å². The van der Waals surface area contributed by atoms with Gasteiger partial charge in [-0.05, 0) is 43.2 Å². The first-order valence-corrected chi connectivity index (χ1v) is 9.45. The molecule has 6 nitrogen and oxygen atoms in total. The number of nitrogens with zero attached hydrogens (tertiary/aromatic N) is 2. The highest BCUT2D eigenvalue weighted by atomic mass is 16.5. The molecule has 27 heavy (non-hydrogen) atoms. The maximum absolute atomic E-state index is 5.40. The minimum atomic E-state index is 0.732. The highest BCUT2D eigenvalue weighted by molar-refractivity contribution is 5.79. The number of hydrogen-bond donors (Lipinski definition) is 1. The minimum Gasteiger partial charge on any atom is -0.497 e. The second-order valence-corrected chi connectivity index (χ2v) is 6.22. The van der Waals surface area contributed by atoms with Crippen molar-refractivity contribution >= 4 is 5.96 Å². The Balaban J connectivity index is 1.91. The summed E-state index contributed by atoms with van der Waals surface area (Å²) in [5, 5.41) is 3.44. The number of methoxy groups -OCH3 is 1. The monoisotopic (exact) mass is 373 g/mol. The molecule has 1 heterocycles. The van der Waals surface area contributed by atoms with Crippen LogP contribution in [0.15, 0.2) is 52.1 Å². The molecule has 1 N–H and O–H groups in total. The molecule has 0 atom stereocenters. The van der Waals surface area contributed by atoms with Gasteiger partial charge in [-0.15, -0.1) is 0 Å². The number of furan rings is 1. The van der Waals surface area contributed by atoms with E-state index in [9.17, 15) is 0 Å². The summed E-state index contributed by atoms with van der Waals surface area (Å²) in [5.74, 6) is 2.72. The summed E-state index contributed by atoms with van der Waals surface area (Å²) in [7, 11) is 3.72. The van der Waals surface area contributed by atoms with Gasteiger partial charge in [-0.25, -0.2) is 0 Å². The quantitative estimate of drug-likeness (QED) is 0.372. The molecule has 0 amide bonds. The Labute approximate surface area is 162 Å². The summed E-state index contributed by atoms with van der Waals surface area (Å²) in [6, 6.07) is 12.0. The molecule has 1 aromatic heterocycles. The predicted molar refractivity (Wildman–Crippen MR) is 108 cm³/mol. The lowest BCUT2D eigenvalue weighted by Crippen LogP contribution is -2.39. The largest absolute Gasteiger partial charge is 0.497 e. The summed E-state index contributed by atoms with van der Waals surface area (Å²) >= 11 is 0. The molecule has 2 rings (SSSR count). The van der Waals surface area contributed by atoms with Gasteiger partial charge in [0.2, 0.25) is 0 Å². The molecule has 0 fully saturated rings. The van der Waals surface area contributed by atoms with Crippen LogP contribution >= 0.6 is 0 Å². The fourth-order valence-corrected chi connectivity index (χ4v) is 2.64. The molecule has 0 unspecified atom stereocenters. The van der Waals surface area contributed by atoms with Gasteiger partial charge < -0.3 is 24.1 Å². The first kappa shape index (κ1) is 20.8. The second kappa shape index (κ2) is 12.0. The highest BCUT2D eigenvalue weighted by Gasteiger charge is 2.08. The summed E-state index contributed by atoms with van der Waals surface area (Å²) in [5.41, 5.74) is 1.20. The first-order chi connectivity index (χ1) is 13.2. The first-order valence-electron chi connectivity index (χ1n) is 9.45. The number of hydrogen-bond acceptors (Lipinski definition) is 4. The van der Waals surface area contributed by atoms with Crippen LogP contribution in [-0.4, -0.2) is 51.3 Å². The number of rotatable bonds is 11. The molecule has 0 radical (unpaired) electrons. The maximum atomic E-state index is 5.40. The molecule has 0 aliphatic heterocycles. The number of nitrogens with one attached hydrogen (secondary N) is 1. The molecule has 0 aliphatic rings. The van der Waals surface area contributed by atoms with Crippen molar-refractivity contribution in [2.24, 2.45) is 4.99 Å². The lowest BCUT2D eigenvalue weighted by atomic mass is 10.2. The average molecular weight is 373 g/mol.